The SMILES string of the molecule is CN=C(NC(N)=O)Nc1ccc(Cl)cc1.CSC(=Nc1ccc(Cl)cc1)NC(N)=O.Cl.I. The number of aliphatic imine (C=N–C) groups is 2. The quantitative estimate of drug-likeness (QED) is 0.183. The molecule has 2 aromatic carbocycles. The van der Waals surface area contributed by atoms with Gasteiger partial charge < -0.3 is 16.8 Å². The molecule has 14 heteroatoms. The molecule has 0 bridgehead atoms. The number of guanidine groups is 1. The molecule has 0 aliphatic heterocycles. The van der Waals surface area contributed by atoms with Gasteiger partial charge in [-0.3, -0.25) is 15.6 Å². The molecule has 9 nitrogen and oxygen atoms in total. The first kappa shape index (κ1) is 32.3. The van der Waals surface area contributed by atoms with Gasteiger partial charge in [0.2, 0.25) is 5.96 Å². The van der Waals surface area contributed by atoms with Crippen molar-refractivity contribution in [3.05, 3.63) is 58.6 Å². The summed E-state index contributed by atoms with van der Waals surface area (Å²) in [5, 5.41) is 9.34. The Balaban J connectivity index is 0. The van der Waals surface area contributed by atoms with Crippen molar-refractivity contribution >= 4 is 106 Å². The minimum atomic E-state index is -0.669. The van der Waals surface area contributed by atoms with Crippen LogP contribution in [-0.2, 0) is 0 Å². The molecule has 0 saturated carbocycles. The summed E-state index contributed by atoms with van der Waals surface area (Å²) >= 11 is 12.7. The second-order valence-electron chi connectivity index (χ2n) is 5.28. The summed E-state index contributed by atoms with van der Waals surface area (Å²) in [6.45, 7) is 0. The number of hydrogen-bond acceptors (Lipinski definition) is 5. The molecule has 32 heavy (non-hydrogen) atoms. The van der Waals surface area contributed by atoms with E-state index in [0.717, 1.165) is 5.69 Å². The summed E-state index contributed by atoms with van der Waals surface area (Å²) in [5.41, 5.74) is 11.4. The van der Waals surface area contributed by atoms with Gasteiger partial charge >= 0.3 is 12.1 Å². The van der Waals surface area contributed by atoms with Gasteiger partial charge in [0.15, 0.2) is 5.17 Å². The summed E-state index contributed by atoms with van der Waals surface area (Å²) in [6, 6.07) is 12.6. The average Bonchev–Trinajstić information content (AvgIpc) is 2.70. The Kier molecular flexibility index (Phi) is 17.7. The predicted octanol–water partition coefficient (Wildman–Crippen LogP) is 4.80. The topological polar surface area (TPSA) is 147 Å². The summed E-state index contributed by atoms with van der Waals surface area (Å²) in [6.07, 6.45) is 1.80. The molecule has 2 rings (SSSR count). The maximum atomic E-state index is 10.6. The van der Waals surface area contributed by atoms with Crippen LogP contribution in [0.5, 0.6) is 0 Å². The van der Waals surface area contributed by atoms with Crippen LogP contribution < -0.4 is 27.4 Å². The molecule has 0 radical (unpaired) electrons. The van der Waals surface area contributed by atoms with E-state index in [9.17, 15) is 9.59 Å². The van der Waals surface area contributed by atoms with Crippen LogP contribution in [0.4, 0.5) is 21.0 Å². The van der Waals surface area contributed by atoms with Crippen molar-refractivity contribution in [2.24, 2.45) is 21.5 Å². The van der Waals surface area contributed by atoms with Gasteiger partial charge in [-0.15, -0.1) is 36.4 Å². The largest absolute Gasteiger partial charge is 0.351 e. The van der Waals surface area contributed by atoms with E-state index >= 15 is 0 Å². The van der Waals surface area contributed by atoms with E-state index in [4.69, 9.17) is 34.7 Å². The second kappa shape index (κ2) is 17.6. The first-order chi connectivity index (χ1) is 14.2. The molecule has 0 spiro atoms. The molecule has 0 aliphatic carbocycles. The van der Waals surface area contributed by atoms with E-state index in [0.29, 0.717) is 20.9 Å². The summed E-state index contributed by atoms with van der Waals surface area (Å²) in [5.74, 6) is 0.282. The van der Waals surface area contributed by atoms with Gasteiger partial charge in [0, 0.05) is 22.8 Å². The zero-order valence-corrected chi connectivity index (χ0v) is 22.4. The number of halogens is 4. The van der Waals surface area contributed by atoms with Crippen LogP contribution in [0.15, 0.2) is 58.5 Å². The highest BCUT2D eigenvalue weighted by atomic mass is 127. The molecule has 0 fully saturated rings. The zero-order valence-electron chi connectivity index (χ0n) is 17.0. The number of thioether (sulfide) groups is 1. The predicted molar refractivity (Wildman–Crippen MR) is 149 cm³/mol. The fourth-order valence-corrected chi connectivity index (χ4v) is 2.44. The van der Waals surface area contributed by atoms with E-state index in [1.54, 1.807) is 54.8 Å². The summed E-state index contributed by atoms with van der Waals surface area (Å²) in [4.78, 5) is 29.2. The number of nitrogens with zero attached hydrogens (tertiary/aromatic N) is 2. The van der Waals surface area contributed by atoms with Crippen LogP contribution in [0.1, 0.15) is 0 Å². The number of rotatable bonds is 2. The average molecular weight is 635 g/mol. The molecule has 0 heterocycles. The third-order valence-electron chi connectivity index (χ3n) is 3.05. The molecule has 176 valence electrons. The Morgan fingerprint density at radius 2 is 1.38 bits per heavy atom. The highest BCUT2D eigenvalue weighted by Crippen LogP contribution is 2.17. The maximum absolute atomic E-state index is 10.6. The number of nitrogens with one attached hydrogen (secondary N) is 3. The fourth-order valence-electron chi connectivity index (χ4n) is 1.79. The molecule has 0 aliphatic rings. The van der Waals surface area contributed by atoms with Crippen LogP contribution in [0.3, 0.4) is 0 Å². The lowest BCUT2D eigenvalue weighted by Crippen LogP contribution is -2.39. The van der Waals surface area contributed by atoms with Crippen molar-refractivity contribution in [2.75, 3.05) is 18.6 Å². The number of carbonyl (C=O) groups is 2. The Morgan fingerprint density at radius 1 is 0.906 bits per heavy atom. The van der Waals surface area contributed by atoms with Crippen molar-refractivity contribution in [2.45, 2.75) is 0 Å². The lowest BCUT2D eigenvalue weighted by atomic mass is 10.3. The molecule has 0 atom stereocenters. The smallest absolute Gasteiger partial charge is 0.318 e. The fraction of sp³-hybridized carbons (Fsp3) is 0.111. The highest BCUT2D eigenvalue weighted by molar-refractivity contribution is 14.0. The van der Waals surface area contributed by atoms with Crippen LogP contribution in [0.25, 0.3) is 0 Å². The van der Waals surface area contributed by atoms with Gasteiger partial charge in [-0.1, -0.05) is 35.0 Å². The molecular weight excluding hydrogens is 612 g/mol. The number of amides is 4. The van der Waals surface area contributed by atoms with E-state index in [1.807, 2.05) is 0 Å². The van der Waals surface area contributed by atoms with Crippen molar-refractivity contribution < 1.29 is 9.59 Å². The Bertz CT molecular complexity index is 914. The van der Waals surface area contributed by atoms with Crippen LogP contribution in [-0.4, -0.2) is 36.5 Å². The maximum Gasteiger partial charge on any atom is 0.318 e. The highest BCUT2D eigenvalue weighted by Gasteiger charge is 2.01. The van der Waals surface area contributed by atoms with Gasteiger partial charge in [0.05, 0.1) is 5.69 Å². The number of carbonyl (C=O) groups excluding carboxylic acids is 2. The molecule has 0 unspecified atom stereocenters. The second-order valence-corrected chi connectivity index (χ2v) is 6.95. The minimum absolute atomic E-state index is 0. The third-order valence-corrected chi connectivity index (χ3v) is 4.14. The standard InChI is InChI=1S/C9H11ClN4O.C9H10ClN3OS.ClH.HI/c1-12-9(14-8(11)15)13-7-4-2-6(10)3-5-7;1-15-9(13-8(11)14)12-7-4-2-6(10)3-5-7;;/h2-5H,1H3,(H4,11,12,13,14,15);2-5H,1H3,(H3,11,12,13,14);2*1H. The lowest BCUT2D eigenvalue weighted by Gasteiger charge is -2.08. The lowest BCUT2D eigenvalue weighted by molar-refractivity contribution is 0.252. The van der Waals surface area contributed by atoms with Crippen molar-refractivity contribution in [1.82, 2.24) is 10.6 Å². The normalized spacial score (nSPS) is 10.4. The number of anilines is 1. The monoisotopic (exact) mass is 633 g/mol. The molecule has 0 aromatic heterocycles. The van der Waals surface area contributed by atoms with Gasteiger partial charge in [0.1, 0.15) is 0 Å². The first-order valence-electron chi connectivity index (χ1n) is 8.24. The van der Waals surface area contributed by atoms with Gasteiger partial charge in [-0.05, 0) is 54.8 Å². The number of primary amides is 2. The van der Waals surface area contributed by atoms with Crippen molar-refractivity contribution in [1.29, 1.82) is 0 Å². The number of amidine groups is 1. The Morgan fingerprint density at radius 3 is 1.78 bits per heavy atom. The number of benzene rings is 2. The third kappa shape index (κ3) is 14.2. The zero-order chi connectivity index (χ0) is 22.5. The molecule has 4 amide bonds. The molecule has 2 aromatic rings. The van der Waals surface area contributed by atoms with E-state index in [2.05, 4.69) is 25.9 Å². The van der Waals surface area contributed by atoms with Crippen molar-refractivity contribution in [3.8, 4) is 0 Å². The summed E-state index contributed by atoms with van der Waals surface area (Å²) < 4.78 is 0. The minimum Gasteiger partial charge on any atom is -0.351 e. The Labute approximate surface area is 223 Å². The number of hydrogen-bond donors (Lipinski definition) is 5. The first-order valence-corrected chi connectivity index (χ1v) is 10.2. The number of nitrogens with two attached hydrogens (primary N) is 2. The van der Waals surface area contributed by atoms with Gasteiger partial charge in [-0.25, -0.2) is 14.6 Å². The van der Waals surface area contributed by atoms with E-state index < -0.39 is 12.1 Å². The molecular formula is C18H23Cl3IN7O2S. The van der Waals surface area contributed by atoms with Crippen molar-refractivity contribution in [3.63, 3.8) is 0 Å². The number of urea groups is 2. The molecule has 0 saturated heterocycles. The van der Waals surface area contributed by atoms with Crippen LogP contribution in [0.2, 0.25) is 10.0 Å². The van der Waals surface area contributed by atoms with E-state index in [-0.39, 0.29) is 42.3 Å². The molecule has 7 N–H and O–H groups in total. The van der Waals surface area contributed by atoms with Crippen LogP contribution >= 0.6 is 71.3 Å². The van der Waals surface area contributed by atoms with E-state index in [1.165, 1.54) is 18.8 Å². The summed E-state index contributed by atoms with van der Waals surface area (Å²) in [7, 11) is 1.54. The van der Waals surface area contributed by atoms with Crippen LogP contribution in [0, 0.1) is 0 Å². The van der Waals surface area contributed by atoms with Gasteiger partial charge in [-0.2, -0.15) is 0 Å². The van der Waals surface area contributed by atoms with Gasteiger partial charge in [0.25, 0.3) is 0 Å². The Hall–Kier alpha value is -1.93.